The van der Waals surface area contributed by atoms with Crippen LogP contribution in [-0.4, -0.2) is 48.2 Å². The van der Waals surface area contributed by atoms with Crippen molar-refractivity contribution in [1.82, 2.24) is 15.5 Å². The summed E-state index contributed by atoms with van der Waals surface area (Å²) in [7, 11) is 0. The number of carbonyl (C=O) groups excluding carboxylic acids is 1. The van der Waals surface area contributed by atoms with E-state index in [2.05, 4.69) is 22.8 Å². The van der Waals surface area contributed by atoms with Gasteiger partial charge >= 0.3 is 12.0 Å². The van der Waals surface area contributed by atoms with E-state index in [1.165, 1.54) is 12.8 Å². The maximum absolute atomic E-state index is 12.3. The highest BCUT2D eigenvalue weighted by Crippen LogP contribution is 2.27. The van der Waals surface area contributed by atoms with Crippen molar-refractivity contribution in [2.45, 2.75) is 51.5 Å². The minimum atomic E-state index is -0.722. The van der Waals surface area contributed by atoms with Gasteiger partial charge in [0.1, 0.15) is 0 Å². The van der Waals surface area contributed by atoms with Gasteiger partial charge in [-0.2, -0.15) is 0 Å². The number of nitrogens with zero attached hydrogens (tertiary/aromatic N) is 1. The minimum Gasteiger partial charge on any atom is -0.481 e. The molecule has 3 N–H and O–H groups in total. The molecule has 29 heavy (non-hydrogen) atoms. The molecule has 0 bridgehead atoms. The van der Waals surface area contributed by atoms with E-state index >= 15 is 0 Å². The maximum atomic E-state index is 12.3. The maximum Gasteiger partial charge on any atom is 0.318 e. The summed E-state index contributed by atoms with van der Waals surface area (Å²) in [6.07, 6.45) is 5.57. The van der Waals surface area contributed by atoms with E-state index in [9.17, 15) is 14.7 Å². The molecular weight excluding hydrogens is 390 g/mol. The molecule has 2 aliphatic heterocycles. The van der Waals surface area contributed by atoms with Crippen molar-refractivity contribution < 1.29 is 14.7 Å². The van der Waals surface area contributed by atoms with Gasteiger partial charge in [-0.25, -0.2) is 4.79 Å². The fourth-order valence-corrected chi connectivity index (χ4v) is 4.41. The molecule has 1 aromatic carbocycles. The van der Waals surface area contributed by atoms with Gasteiger partial charge in [0.05, 0.1) is 12.0 Å². The second-order valence-corrected chi connectivity index (χ2v) is 8.15. The summed E-state index contributed by atoms with van der Waals surface area (Å²) in [5.74, 6) is -0.350. The number of benzene rings is 1. The Kier molecular flexibility index (Phi) is 9.24. The lowest BCUT2D eigenvalue weighted by Gasteiger charge is -2.28. The highest BCUT2D eigenvalue weighted by atomic mass is 35.5. The molecule has 2 aliphatic rings. The van der Waals surface area contributed by atoms with Crippen molar-refractivity contribution in [3.63, 3.8) is 0 Å². The molecule has 6 nitrogen and oxygen atoms in total. The highest BCUT2D eigenvalue weighted by molar-refractivity contribution is 5.85. The average Bonchev–Trinajstić information content (AvgIpc) is 3.08. The van der Waals surface area contributed by atoms with Crippen LogP contribution in [0.25, 0.3) is 0 Å². The lowest BCUT2D eigenvalue weighted by atomic mass is 9.93. The van der Waals surface area contributed by atoms with Crippen molar-refractivity contribution in [1.29, 1.82) is 0 Å². The third-order valence-electron chi connectivity index (χ3n) is 6.15. The van der Waals surface area contributed by atoms with Crippen LogP contribution in [0.4, 0.5) is 4.79 Å². The van der Waals surface area contributed by atoms with Crippen LogP contribution in [0.2, 0.25) is 0 Å². The smallest absolute Gasteiger partial charge is 0.318 e. The van der Waals surface area contributed by atoms with Gasteiger partial charge in [-0.05, 0) is 62.2 Å². The predicted molar refractivity (Wildman–Crippen MR) is 116 cm³/mol. The van der Waals surface area contributed by atoms with Gasteiger partial charge in [0.15, 0.2) is 0 Å². The molecule has 2 heterocycles. The molecule has 0 radical (unpaired) electrons. The Labute approximate surface area is 179 Å². The number of urea groups is 1. The number of piperidine rings is 1. The lowest BCUT2D eigenvalue weighted by molar-refractivity contribution is -0.141. The molecule has 3 rings (SSSR count). The van der Waals surface area contributed by atoms with E-state index in [-0.39, 0.29) is 30.4 Å². The normalized spacial score (nSPS) is 20.8. The van der Waals surface area contributed by atoms with Crippen molar-refractivity contribution in [2.75, 3.05) is 26.2 Å². The quantitative estimate of drug-likeness (QED) is 0.566. The Morgan fingerprint density at radius 3 is 2.55 bits per heavy atom. The molecule has 7 heteroatoms. The fraction of sp³-hybridized carbons (Fsp3) is 0.636. The molecule has 1 aromatic rings. The molecule has 0 saturated carbocycles. The predicted octanol–water partition coefficient (Wildman–Crippen LogP) is 3.61. The number of hydrogen-bond acceptors (Lipinski definition) is 3. The average molecular weight is 424 g/mol. The van der Waals surface area contributed by atoms with Crippen LogP contribution < -0.4 is 10.6 Å². The van der Waals surface area contributed by atoms with Crippen LogP contribution >= 0.6 is 12.4 Å². The number of amides is 2. The molecule has 2 amide bonds. The molecule has 2 fully saturated rings. The van der Waals surface area contributed by atoms with Gasteiger partial charge in [-0.3, -0.25) is 4.79 Å². The van der Waals surface area contributed by atoms with Gasteiger partial charge in [-0.15, -0.1) is 12.4 Å². The molecule has 162 valence electrons. The molecule has 2 atom stereocenters. The Hall–Kier alpha value is -1.79. The molecule has 2 saturated heterocycles. The van der Waals surface area contributed by atoms with E-state index < -0.39 is 5.97 Å². The summed E-state index contributed by atoms with van der Waals surface area (Å²) in [6, 6.07) is 8.25. The van der Waals surface area contributed by atoms with E-state index in [4.69, 9.17) is 0 Å². The standard InChI is InChI=1S/C22H33N3O3.ClH/c1-2-3-19(21(26)27)14-17-4-6-18(7-5-17)20-15-24-22(28)25(20)13-10-16-8-11-23-12-9-16;/h4-7,16,19-20,23H,2-3,8-15H2,1H3,(H,24,28)(H,26,27);1H. The van der Waals surface area contributed by atoms with Gasteiger partial charge < -0.3 is 20.6 Å². The topological polar surface area (TPSA) is 81.7 Å². The van der Waals surface area contributed by atoms with Crippen LogP contribution in [0, 0.1) is 11.8 Å². The van der Waals surface area contributed by atoms with Gasteiger partial charge in [-0.1, -0.05) is 37.6 Å². The number of nitrogens with one attached hydrogen (secondary N) is 2. The second kappa shape index (κ2) is 11.4. The molecule has 0 aliphatic carbocycles. The molecule has 0 aromatic heterocycles. The summed E-state index contributed by atoms with van der Waals surface area (Å²) in [5, 5.41) is 15.7. The first-order valence-electron chi connectivity index (χ1n) is 10.6. The van der Waals surface area contributed by atoms with E-state index in [1.54, 1.807) is 0 Å². The zero-order valence-electron chi connectivity index (χ0n) is 17.2. The zero-order valence-corrected chi connectivity index (χ0v) is 18.0. The Bertz CT molecular complexity index is 662. The number of halogens is 1. The van der Waals surface area contributed by atoms with Crippen LogP contribution in [0.15, 0.2) is 24.3 Å². The Morgan fingerprint density at radius 2 is 1.93 bits per heavy atom. The van der Waals surface area contributed by atoms with Crippen molar-refractivity contribution in [3.05, 3.63) is 35.4 Å². The third kappa shape index (κ3) is 6.34. The summed E-state index contributed by atoms with van der Waals surface area (Å²) in [4.78, 5) is 25.7. The SMILES string of the molecule is CCCC(Cc1ccc(C2CNC(=O)N2CCC2CCNCC2)cc1)C(=O)O.Cl. The highest BCUT2D eigenvalue weighted by Gasteiger charge is 2.32. The van der Waals surface area contributed by atoms with Crippen LogP contribution in [0.5, 0.6) is 0 Å². The van der Waals surface area contributed by atoms with Crippen molar-refractivity contribution >= 4 is 24.4 Å². The fourth-order valence-electron chi connectivity index (χ4n) is 4.41. The number of carbonyl (C=O) groups is 2. The largest absolute Gasteiger partial charge is 0.481 e. The van der Waals surface area contributed by atoms with Gasteiger partial charge in [0.2, 0.25) is 0 Å². The first-order chi connectivity index (χ1) is 13.6. The summed E-state index contributed by atoms with van der Waals surface area (Å²) in [5.41, 5.74) is 2.16. The third-order valence-corrected chi connectivity index (χ3v) is 6.15. The van der Waals surface area contributed by atoms with Crippen LogP contribution in [0.1, 0.15) is 56.2 Å². The summed E-state index contributed by atoms with van der Waals surface area (Å²) < 4.78 is 0. The van der Waals surface area contributed by atoms with E-state index in [1.807, 2.05) is 24.0 Å². The summed E-state index contributed by atoms with van der Waals surface area (Å²) >= 11 is 0. The van der Waals surface area contributed by atoms with E-state index in [0.29, 0.717) is 25.3 Å². The first-order valence-corrected chi connectivity index (χ1v) is 10.6. The Morgan fingerprint density at radius 1 is 1.24 bits per heavy atom. The monoisotopic (exact) mass is 423 g/mol. The molecular formula is C22H34ClN3O3. The number of carboxylic acids is 1. The van der Waals surface area contributed by atoms with E-state index in [0.717, 1.165) is 43.6 Å². The number of aliphatic carboxylic acids is 1. The van der Waals surface area contributed by atoms with Crippen LogP contribution in [0.3, 0.4) is 0 Å². The van der Waals surface area contributed by atoms with Crippen molar-refractivity contribution in [2.24, 2.45) is 11.8 Å². The molecule has 2 unspecified atom stereocenters. The van der Waals surface area contributed by atoms with Gasteiger partial charge in [0.25, 0.3) is 0 Å². The molecule has 0 spiro atoms. The van der Waals surface area contributed by atoms with Gasteiger partial charge in [0, 0.05) is 13.1 Å². The van der Waals surface area contributed by atoms with Crippen LogP contribution in [-0.2, 0) is 11.2 Å². The number of rotatable bonds is 9. The Balaban J connectivity index is 0.00000300. The first kappa shape index (κ1) is 23.5. The number of hydrogen-bond donors (Lipinski definition) is 3. The second-order valence-electron chi connectivity index (χ2n) is 8.15. The van der Waals surface area contributed by atoms with Crippen molar-refractivity contribution in [3.8, 4) is 0 Å². The number of carboxylic acid groups (broad SMARTS) is 1. The minimum absolute atomic E-state index is 0. The zero-order chi connectivity index (χ0) is 19.9. The lowest BCUT2D eigenvalue weighted by Crippen LogP contribution is -2.34. The summed E-state index contributed by atoms with van der Waals surface area (Å²) in [6.45, 7) is 5.61.